The highest BCUT2D eigenvalue weighted by atomic mass is 16.6. The van der Waals surface area contributed by atoms with Crippen molar-refractivity contribution in [2.45, 2.75) is 12.5 Å². The number of nitrogens with one attached hydrogen (secondary N) is 1. The van der Waals surface area contributed by atoms with Gasteiger partial charge >= 0.3 is 0 Å². The van der Waals surface area contributed by atoms with Crippen molar-refractivity contribution in [3.8, 4) is 0 Å². The number of piperazine rings is 1. The highest BCUT2D eigenvalue weighted by Crippen LogP contribution is 2.27. The van der Waals surface area contributed by atoms with Crippen molar-refractivity contribution in [1.82, 2.24) is 10.2 Å². The van der Waals surface area contributed by atoms with Crippen LogP contribution in [0.3, 0.4) is 0 Å². The van der Waals surface area contributed by atoms with Crippen LogP contribution in [-0.4, -0.2) is 47.7 Å². The Morgan fingerprint density at radius 1 is 1.42 bits per heavy atom. The average molecular weight is 265 g/mol. The molecule has 2 N–H and O–H groups in total. The van der Waals surface area contributed by atoms with Gasteiger partial charge in [-0.15, -0.1) is 0 Å². The van der Waals surface area contributed by atoms with Gasteiger partial charge in [0.05, 0.1) is 4.92 Å². The smallest absolute Gasteiger partial charge is 0.269 e. The molecule has 19 heavy (non-hydrogen) atoms. The van der Waals surface area contributed by atoms with Crippen molar-refractivity contribution in [2.24, 2.45) is 0 Å². The van der Waals surface area contributed by atoms with Crippen molar-refractivity contribution >= 4 is 5.69 Å². The summed E-state index contributed by atoms with van der Waals surface area (Å²) >= 11 is 0. The van der Waals surface area contributed by atoms with Gasteiger partial charge in [0.15, 0.2) is 0 Å². The number of aliphatic hydroxyl groups excluding tert-OH is 1. The quantitative estimate of drug-likeness (QED) is 0.611. The second-order valence-corrected chi connectivity index (χ2v) is 4.67. The predicted molar refractivity (Wildman–Crippen MR) is 72.0 cm³/mol. The topological polar surface area (TPSA) is 78.6 Å². The van der Waals surface area contributed by atoms with E-state index in [9.17, 15) is 15.2 Å². The number of nitrogens with zero attached hydrogens (tertiary/aromatic N) is 2. The fourth-order valence-corrected chi connectivity index (χ4v) is 2.52. The molecule has 1 heterocycles. The lowest BCUT2D eigenvalue weighted by Gasteiger charge is -2.35. The van der Waals surface area contributed by atoms with Crippen LogP contribution in [0.2, 0.25) is 0 Å². The number of non-ortho nitro benzene ring substituents is 1. The molecule has 1 atom stereocenters. The molecular weight excluding hydrogens is 246 g/mol. The van der Waals surface area contributed by atoms with Crippen LogP contribution in [0.5, 0.6) is 0 Å². The van der Waals surface area contributed by atoms with E-state index in [-0.39, 0.29) is 23.3 Å². The summed E-state index contributed by atoms with van der Waals surface area (Å²) in [4.78, 5) is 12.7. The standard InChI is InChI=1S/C13H19N3O3/c17-9-4-13(15-7-5-14-6-8-15)11-2-1-3-12(10-11)16(18)19/h1-3,10,13-14,17H,4-9H2/t13-/m0/s1. The predicted octanol–water partition coefficient (Wildman–Crippen LogP) is 0.923. The zero-order valence-corrected chi connectivity index (χ0v) is 10.8. The molecule has 1 saturated heterocycles. The summed E-state index contributed by atoms with van der Waals surface area (Å²) < 4.78 is 0. The molecule has 1 aliphatic rings. The van der Waals surface area contributed by atoms with E-state index in [0.717, 1.165) is 31.7 Å². The van der Waals surface area contributed by atoms with Crippen molar-refractivity contribution in [1.29, 1.82) is 0 Å². The number of hydrogen-bond acceptors (Lipinski definition) is 5. The van der Waals surface area contributed by atoms with Gasteiger partial charge < -0.3 is 10.4 Å². The summed E-state index contributed by atoms with van der Waals surface area (Å²) in [6, 6.07) is 6.77. The van der Waals surface area contributed by atoms with Crippen LogP contribution in [0.1, 0.15) is 18.0 Å². The number of aliphatic hydroxyl groups is 1. The Hall–Kier alpha value is -1.50. The Morgan fingerprint density at radius 2 is 2.16 bits per heavy atom. The zero-order valence-electron chi connectivity index (χ0n) is 10.8. The lowest BCUT2D eigenvalue weighted by Crippen LogP contribution is -2.45. The largest absolute Gasteiger partial charge is 0.396 e. The molecule has 1 fully saturated rings. The minimum absolute atomic E-state index is 0.0481. The van der Waals surface area contributed by atoms with Gasteiger partial charge in [0.2, 0.25) is 0 Å². The average Bonchev–Trinajstić information content (AvgIpc) is 2.46. The Morgan fingerprint density at radius 3 is 2.79 bits per heavy atom. The summed E-state index contributed by atoms with van der Waals surface area (Å²) in [5, 5.41) is 23.4. The Kier molecular flexibility index (Phi) is 4.84. The fourth-order valence-electron chi connectivity index (χ4n) is 2.52. The molecule has 2 rings (SSSR count). The molecule has 6 nitrogen and oxygen atoms in total. The third kappa shape index (κ3) is 3.50. The maximum atomic E-state index is 10.8. The molecule has 1 aromatic rings. The highest BCUT2D eigenvalue weighted by molar-refractivity contribution is 5.35. The summed E-state index contributed by atoms with van der Waals surface area (Å²) in [7, 11) is 0. The molecule has 0 aliphatic carbocycles. The number of nitro groups is 1. The van der Waals surface area contributed by atoms with E-state index in [2.05, 4.69) is 10.2 Å². The lowest BCUT2D eigenvalue weighted by atomic mass is 10.0. The Balaban J connectivity index is 2.22. The third-order valence-electron chi connectivity index (χ3n) is 3.46. The van der Waals surface area contributed by atoms with E-state index in [1.165, 1.54) is 6.07 Å². The minimum atomic E-state index is -0.378. The lowest BCUT2D eigenvalue weighted by molar-refractivity contribution is -0.385. The van der Waals surface area contributed by atoms with Crippen LogP contribution >= 0.6 is 0 Å². The van der Waals surface area contributed by atoms with Crippen molar-refractivity contribution in [2.75, 3.05) is 32.8 Å². The van der Waals surface area contributed by atoms with Gasteiger partial charge in [0.25, 0.3) is 5.69 Å². The van der Waals surface area contributed by atoms with Gasteiger partial charge in [-0.3, -0.25) is 15.0 Å². The van der Waals surface area contributed by atoms with Crippen molar-refractivity contribution in [3.63, 3.8) is 0 Å². The molecule has 0 aromatic heterocycles. The fraction of sp³-hybridized carbons (Fsp3) is 0.538. The normalized spacial score (nSPS) is 18.2. The van der Waals surface area contributed by atoms with E-state index in [0.29, 0.717) is 6.42 Å². The molecule has 104 valence electrons. The van der Waals surface area contributed by atoms with Crippen LogP contribution in [0.4, 0.5) is 5.69 Å². The Bertz CT molecular complexity index is 433. The summed E-state index contributed by atoms with van der Waals surface area (Å²) in [6.45, 7) is 3.70. The SMILES string of the molecule is O=[N+]([O-])c1cccc([C@H](CCO)N2CCNCC2)c1. The molecule has 1 aromatic carbocycles. The summed E-state index contributed by atoms with van der Waals surface area (Å²) in [5.74, 6) is 0. The molecule has 0 unspecified atom stereocenters. The van der Waals surface area contributed by atoms with Crippen LogP contribution in [0.25, 0.3) is 0 Å². The first-order chi connectivity index (χ1) is 9.22. The van der Waals surface area contributed by atoms with Crippen LogP contribution in [0, 0.1) is 10.1 Å². The molecule has 0 bridgehead atoms. The van der Waals surface area contributed by atoms with E-state index < -0.39 is 0 Å². The van der Waals surface area contributed by atoms with Gasteiger partial charge in [0.1, 0.15) is 0 Å². The molecule has 6 heteroatoms. The Labute approximate surface area is 112 Å². The second kappa shape index (κ2) is 6.60. The van der Waals surface area contributed by atoms with Gasteiger partial charge in [-0.05, 0) is 12.0 Å². The van der Waals surface area contributed by atoms with Gasteiger partial charge in [-0.1, -0.05) is 12.1 Å². The van der Waals surface area contributed by atoms with Gasteiger partial charge in [-0.25, -0.2) is 0 Å². The first kappa shape index (κ1) is 13.9. The monoisotopic (exact) mass is 265 g/mol. The number of hydrogen-bond donors (Lipinski definition) is 2. The van der Waals surface area contributed by atoms with E-state index in [1.807, 2.05) is 6.07 Å². The van der Waals surface area contributed by atoms with E-state index in [4.69, 9.17) is 0 Å². The first-order valence-electron chi connectivity index (χ1n) is 6.52. The van der Waals surface area contributed by atoms with Crippen LogP contribution in [0.15, 0.2) is 24.3 Å². The molecule has 0 amide bonds. The summed E-state index contributed by atoms with van der Waals surface area (Å²) in [5.41, 5.74) is 1.01. The van der Waals surface area contributed by atoms with Crippen molar-refractivity contribution < 1.29 is 10.0 Å². The van der Waals surface area contributed by atoms with Crippen LogP contribution in [-0.2, 0) is 0 Å². The molecule has 0 radical (unpaired) electrons. The third-order valence-corrected chi connectivity index (χ3v) is 3.46. The number of benzene rings is 1. The second-order valence-electron chi connectivity index (χ2n) is 4.67. The molecular formula is C13H19N3O3. The van der Waals surface area contributed by atoms with E-state index in [1.54, 1.807) is 12.1 Å². The maximum absolute atomic E-state index is 10.8. The van der Waals surface area contributed by atoms with Crippen LogP contribution < -0.4 is 5.32 Å². The summed E-state index contributed by atoms with van der Waals surface area (Å²) in [6.07, 6.45) is 0.598. The zero-order chi connectivity index (χ0) is 13.7. The van der Waals surface area contributed by atoms with Crippen molar-refractivity contribution in [3.05, 3.63) is 39.9 Å². The highest BCUT2D eigenvalue weighted by Gasteiger charge is 2.22. The van der Waals surface area contributed by atoms with Gasteiger partial charge in [0, 0.05) is 51.0 Å². The maximum Gasteiger partial charge on any atom is 0.269 e. The van der Waals surface area contributed by atoms with Gasteiger partial charge in [-0.2, -0.15) is 0 Å². The van der Waals surface area contributed by atoms with E-state index >= 15 is 0 Å². The first-order valence-corrected chi connectivity index (χ1v) is 6.52. The molecule has 0 spiro atoms. The minimum Gasteiger partial charge on any atom is -0.396 e. The number of nitro benzene ring substituents is 1. The number of rotatable bonds is 5. The molecule has 1 aliphatic heterocycles. The molecule has 0 saturated carbocycles.